The normalized spacial score (nSPS) is 16.8. The van der Waals surface area contributed by atoms with Crippen molar-refractivity contribution in [1.29, 1.82) is 0 Å². The number of guanidine groups is 1. The third kappa shape index (κ3) is 6.64. The minimum atomic E-state index is -4.36. The number of ether oxygens (including phenoxy) is 1. The number of nitrogens with one attached hydrogen (secondary N) is 2. The Morgan fingerprint density at radius 1 is 1.29 bits per heavy atom. The number of aromatic nitrogens is 1. The highest BCUT2D eigenvalue weighted by Crippen LogP contribution is 2.18. The van der Waals surface area contributed by atoms with E-state index in [0.29, 0.717) is 12.6 Å². The monoisotopic (exact) mass is 344 g/mol. The standard InChI is InChI=1S/C16H23F3N4O/c1-20-15(23-13-5-3-2-4-6-13)22-10-12-7-8-14(21-9-12)24-11-16(17,18)19/h7-9,13H,2-6,10-11H2,1H3,(H2,20,22,23). The number of nitrogens with zero attached hydrogens (tertiary/aromatic N) is 2. The van der Waals surface area contributed by atoms with Gasteiger partial charge in [-0.15, -0.1) is 0 Å². The molecule has 1 aromatic rings. The predicted octanol–water partition coefficient (Wildman–Crippen LogP) is 3.02. The molecule has 1 saturated carbocycles. The van der Waals surface area contributed by atoms with E-state index in [0.717, 1.165) is 24.4 Å². The molecule has 1 fully saturated rings. The van der Waals surface area contributed by atoms with Crippen LogP contribution in [0.2, 0.25) is 0 Å². The van der Waals surface area contributed by atoms with Gasteiger partial charge in [-0.2, -0.15) is 13.2 Å². The van der Waals surface area contributed by atoms with Crippen LogP contribution in [-0.4, -0.2) is 36.8 Å². The Labute approximate surface area is 139 Å². The maximum absolute atomic E-state index is 12.1. The van der Waals surface area contributed by atoms with Gasteiger partial charge in [0.1, 0.15) is 0 Å². The van der Waals surface area contributed by atoms with Gasteiger partial charge in [0.05, 0.1) is 0 Å². The van der Waals surface area contributed by atoms with Crippen molar-refractivity contribution >= 4 is 5.96 Å². The lowest BCUT2D eigenvalue weighted by Crippen LogP contribution is -2.43. The summed E-state index contributed by atoms with van der Waals surface area (Å²) in [5, 5.41) is 6.58. The average Bonchev–Trinajstić information content (AvgIpc) is 2.58. The molecule has 5 nitrogen and oxygen atoms in total. The van der Waals surface area contributed by atoms with Gasteiger partial charge in [0.25, 0.3) is 0 Å². The highest BCUT2D eigenvalue weighted by molar-refractivity contribution is 5.79. The van der Waals surface area contributed by atoms with Gasteiger partial charge in [0.15, 0.2) is 12.6 Å². The van der Waals surface area contributed by atoms with Gasteiger partial charge in [0.2, 0.25) is 5.88 Å². The highest BCUT2D eigenvalue weighted by atomic mass is 19.4. The van der Waals surface area contributed by atoms with Crippen molar-refractivity contribution in [2.75, 3.05) is 13.7 Å². The summed E-state index contributed by atoms with van der Waals surface area (Å²) in [6, 6.07) is 3.56. The van der Waals surface area contributed by atoms with Gasteiger partial charge in [-0.25, -0.2) is 4.98 Å². The second-order valence-corrected chi connectivity index (χ2v) is 5.81. The summed E-state index contributed by atoms with van der Waals surface area (Å²) < 4.78 is 40.8. The molecule has 0 atom stereocenters. The molecule has 1 aliphatic carbocycles. The zero-order valence-corrected chi connectivity index (χ0v) is 13.7. The van der Waals surface area contributed by atoms with Crippen LogP contribution >= 0.6 is 0 Å². The zero-order chi connectivity index (χ0) is 17.4. The Morgan fingerprint density at radius 3 is 2.62 bits per heavy atom. The average molecular weight is 344 g/mol. The number of pyridine rings is 1. The summed E-state index contributed by atoms with van der Waals surface area (Å²) in [4.78, 5) is 8.07. The van der Waals surface area contributed by atoms with Crippen molar-refractivity contribution in [2.45, 2.75) is 50.9 Å². The lowest BCUT2D eigenvalue weighted by molar-refractivity contribution is -0.154. The van der Waals surface area contributed by atoms with E-state index in [1.807, 2.05) is 0 Å². The third-order valence-corrected chi connectivity index (χ3v) is 3.81. The van der Waals surface area contributed by atoms with Crippen LogP contribution in [0.3, 0.4) is 0 Å². The lowest BCUT2D eigenvalue weighted by Gasteiger charge is -2.24. The van der Waals surface area contributed by atoms with Gasteiger partial charge in [-0.1, -0.05) is 25.3 Å². The summed E-state index contributed by atoms with van der Waals surface area (Å²) in [6.07, 6.45) is 3.18. The number of halogens is 3. The molecule has 0 unspecified atom stereocenters. The molecule has 1 heterocycles. The van der Waals surface area contributed by atoms with Crippen LogP contribution in [0, 0.1) is 0 Å². The second-order valence-electron chi connectivity index (χ2n) is 5.81. The molecular weight excluding hydrogens is 321 g/mol. The Balaban J connectivity index is 1.78. The molecule has 0 amide bonds. The molecule has 0 aliphatic heterocycles. The van der Waals surface area contributed by atoms with Crippen LogP contribution in [0.15, 0.2) is 23.3 Å². The van der Waals surface area contributed by atoms with E-state index in [4.69, 9.17) is 0 Å². The van der Waals surface area contributed by atoms with Crippen molar-refractivity contribution in [3.05, 3.63) is 23.9 Å². The Bertz CT molecular complexity index is 525. The van der Waals surface area contributed by atoms with Crippen LogP contribution < -0.4 is 15.4 Å². The van der Waals surface area contributed by atoms with Crippen molar-refractivity contribution in [3.8, 4) is 5.88 Å². The van der Waals surface area contributed by atoms with Crippen molar-refractivity contribution in [2.24, 2.45) is 4.99 Å². The molecule has 0 aromatic carbocycles. The summed E-state index contributed by atoms with van der Waals surface area (Å²) in [6.45, 7) is -0.853. The van der Waals surface area contributed by atoms with Crippen LogP contribution in [0.25, 0.3) is 0 Å². The molecule has 2 N–H and O–H groups in total. The smallest absolute Gasteiger partial charge is 0.422 e. The Morgan fingerprint density at radius 2 is 2.04 bits per heavy atom. The van der Waals surface area contributed by atoms with Gasteiger partial charge < -0.3 is 15.4 Å². The van der Waals surface area contributed by atoms with E-state index in [2.05, 4.69) is 25.3 Å². The van der Waals surface area contributed by atoms with Gasteiger partial charge >= 0.3 is 6.18 Å². The maximum Gasteiger partial charge on any atom is 0.422 e. The SMILES string of the molecule is CN=C(NCc1ccc(OCC(F)(F)F)nc1)NC1CCCCC1. The van der Waals surface area contributed by atoms with E-state index in [1.165, 1.54) is 31.5 Å². The van der Waals surface area contributed by atoms with Crippen LogP contribution in [-0.2, 0) is 6.54 Å². The van der Waals surface area contributed by atoms with E-state index in [-0.39, 0.29) is 5.88 Å². The molecule has 0 spiro atoms. The summed E-state index contributed by atoms with van der Waals surface area (Å²) >= 11 is 0. The first-order valence-electron chi connectivity index (χ1n) is 8.08. The van der Waals surface area contributed by atoms with Crippen LogP contribution in [0.4, 0.5) is 13.2 Å². The molecule has 1 aliphatic rings. The quantitative estimate of drug-likeness (QED) is 0.637. The minimum Gasteiger partial charge on any atom is -0.468 e. The third-order valence-electron chi connectivity index (χ3n) is 3.81. The van der Waals surface area contributed by atoms with Crippen LogP contribution in [0.5, 0.6) is 5.88 Å². The molecule has 0 radical (unpaired) electrons. The molecule has 0 bridgehead atoms. The van der Waals surface area contributed by atoms with Crippen molar-refractivity contribution in [1.82, 2.24) is 15.6 Å². The van der Waals surface area contributed by atoms with Crippen molar-refractivity contribution in [3.63, 3.8) is 0 Å². The van der Waals surface area contributed by atoms with Crippen molar-refractivity contribution < 1.29 is 17.9 Å². The summed E-state index contributed by atoms with van der Waals surface area (Å²) in [5.74, 6) is 0.681. The summed E-state index contributed by atoms with van der Waals surface area (Å²) in [5.41, 5.74) is 0.834. The first kappa shape index (κ1) is 18.4. The number of hydrogen-bond acceptors (Lipinski definition) is 3. The van der Waals surface area contributed by atoms with E-state index in [9.17, 15) is 13.2 Å². The predicted molar refractivity (Wildman–Crippen MR) is 86.0 cm³/mol. The topological polar surface area (TPSA) is 58.5 Å². The van der Waals surface area contributed by atoms with Gasteiger partial charge in [-0.05, 0) is 18.4 Å². The largest absolute Gasteiger partial charge is 0.468 e. The number of alkyl halides is 3. The maximum atomic E-state index is 12.1. The van der Waals surface area contributed by atoms with Crippen LogP contribution in [0.1, 0.15) is 37.7 Å². The number of hydrogen-bond donors (Lipinski definition) is 2. The van der Waals surface area contributed by atoms with E-state index >= 15 is 0 Å². The first-order chi connectivity index (χ1) is 11.5. The molecule has 24 heavy (non-hydrogen) atoms. The highest BCUT2D eigenvalue weighted by Gasteiger charge is 2.28. The van der Waals surface area contributed by atoms with E-state index < -0.39 is 12.8 Å². The minimum absolute atomic E-state index is 0.0409. The second kappa shape index (κ2) is 8.75. The Kier molecular flexibility index (Phi) is 6.69. The molecule has 2 rings (SSSR count). The zero-order valence-electron chi connectivity index (χ0n) is 13.7. The fraction of sp³-hybridized carbons (Fsp3) is 0.625. The van der Waals surface area contributed by atoms with Gasteiger partial charge in [0, 0.05) is 31.9 Å². The van der Waals surface area contributed by atoms with E-state index in [1.54, 1.807) is 13.1 Å². The number of aliphatic imine (C=N–C) groups is 1. The Hall–Kier alpha value is -1.99. The molecule has 1 aromatic heterocycles. The number of rotatable bonds is 5. The first-order valence-corrected chi connectivity index (χ1v) is 8.08. The summed E-state index contributed by atoms with van der Waals surface area (Å²) in [7, 11) is 1.71. The fourth-order valence-corrected chi connectivity index (χ4v) is 2.58. The molecule has 0 saturated heterocycles. The lowest BCUT2D eigenvalue weighted by atomic mass is 9.96. The van der Waals surface area contributed by atoms with Gasteiger partial charge in [-0.3, -0.25) is 4.99 Å². The molecule has 8 heteroatoms. The molecular formula is C16H23F3N4O. The molecule has 134 valence electrons. The fourth-order valence-electron chi connectivity index (χ4n) is 2.58.